The lowest BCUT2D eigenvalue weighted by Gasteiger charge is -2.31. The third kappa shape index (κ3) is 4.09. The average Bonchev–Trinajstić information content (AvgIpc) is 3.68. The van der Waals surface area contributed by atoms with Gasteiger partial charge in [0.15, 0.2) is 11.2 Å². The quantitative estimate of drug-likeness (QED) is 0.417. The summed E-state index contributed by atoms with van der Waals surface area (Å²) < 4.78 is 4.47. The summed E-state index contributed by atoms with van der Waals surface area (Å²) in [7, 11) is 1.64. The van der Waals surface area contributed by atoms with Crippen molar-refractivity contribution in [3.8, 4) is 11.8 Å². The van der Waals surface area contributed by atoms with Gasteiger partial charge in [-0.1, -0.05) is 24.1 Å². The first-order valence-corrected chi connectivity index (χ1v) is 12.8. The normalized spacial score (nSPS) is 17.8. The standard InChI is InChI=1S/C27H30N8O2/c1-3-4-14-34-23-24(31-26(34)33-13-7-8-18(28)15-33)32(2)27(37)35(25(23)36)16-21-29-20-10-6-5-9-19(20)22(30-21)17-11-12-17/h5-6,9-10,17-18H,7-8,11-16,28H2,1-2H3/t18-/m1/s1. The molecule has 1 atom stereocenters. The summed E-state index contributed by atoms with van der Waals surface area (Å²) in [6, 6.07) is 7.94. The zero-order chi connectivity index (χ0) is 25.7. The highest BCUT2D eigenvalue weighted by atomic mass is 16.2. The van der Waals surface area contributed by atoms with Gasteiger partial charge in [0, 0.05) is 37.5 Å². The van der Waals surface area contributed by atoms with Crippen molar-refractivity contribution in [2.45, 2.75) is 57.7 Å². The van der Waals surface area contributed by atoms with Crippen LogP contribution in [0.3, 0.4) is 0 Å². The zero-order valence-corrected chi connectivity index (χ0v) is 21.1. The molecule has 37 heavy (non-hydrogen) atoms. The molecule has 1 aromatic carbocycles. The molecule has 0 radical (unpaired) electrons. The summed E-state index contributed by atoms with van der Waals surface area (Å²) >= 11 is 0. The van der Waals surface area contributed by atoms with Gasteiger partial charge in [-0.25, -0.2) is 14.8 Å². The van der Waals surface area contributed by atoms with Crippen molar-refractivity contribution in [3.05, 3.63) is 56.6 Å². The SMILES string of the molecule is CC#CCn1c(N2CCC[C@@H](N)C2)nc2c1c(=O)n(Cc1nc(C3CC3)c3ccccc3n1)c(=O)n2C. The third-order valence-electron chi connectivity index (χ3n) is 7.31. The third-order valence-corrected chi connectivity index (χ3v) is 7.31. The Hall–Kier alpha value is -3.97. The Kier molecular flexibility index (Phi) is 5.80. The maximum atomic E-state index is 13.9. The minimum Gasteiger partial charge on any atom is -0.341 e. The Labute approximate surface area is 213 Å². The number of benzene rings is 1. The molecule has 0 spiro atoms. The number of rotatable bonds is 5. The first kappa shape index (κ1) is 23.4. The van der Waals surface area contributed by atoms with Gasteiger partial charge in [0.2, 0.25) is 5.95 Å². The molecule has 1 aliphatic carbocycles. The van der Waals surface area contributed by atoms with Crippen LogP contribution in [0.5, 0.6) is 0 Å². The molecule has 0 bridgehead atoms. The van der Waals surface area contributed by atoms with E-state index in [1.807, 2.05) is 28.8 Å². The van der Waals surface area contributed by atoms with Crippen molar-refractivity contribution >= 4 is 28.0 Å². The number of aromatic nitrogens is 6. The lowest BCUT2D eigenvalue weighted by Crippen LogP contribution is -2.44. The van der Waals surface area contributed by atoms with Gasteiger partial charge in [-0.2, -0.15) is 4.98 Å². The second kappa shape index (κ2) is 9.16. The molecule has 10 nitrogen and oxygen atoms in total. The van der Waals surface area contributed by atoms with E-state index in [1.165, 1.54) is 9.13 Å². The number of imidazole rings is 1. The fourth-order valence-electron chi connectivity index (χ4n) is 5.27. The molecule has 4 aromatic rings. The minimum atomic E-state index is -0.449. The van der Waals surface area contributed by atoms with Crippen LogP contribution in [-0.4, -0.2) is 47.8 Å². The molecular weight excluding hydrogens is 468 g/mol. The molecule has 3 aromatic heterocycles. The topological polar surface area (TPSA) is 117 Å². The van der Waals surface area contributed by atoms with Crippen LogP contribution in [0, 0.1) is 11.8 Å². The fraction of sp³-hybridized carbons (Fsp3) is 0.444. The van der Waals surface area contributed by atoms with Crippen LogP contribution in [0.1, 0.15) is 50.0 Å². The molecule has 2 N–H and O–H groups in total. The minimum absolute atomic E-state index is 0.0133. The van der Waals surface area contributed by atoms with E-state index in [-0.39, 0.29) is 12.6 Å². The highest BCUT2D eigenvalue weighted by molar-refractivity contribution is 5.81. The van der Waals surface area contributed by atoms with Crippen molar-refractivity contribution in [3.63, 3.8) is 0 Å². The fourth-order valence-corrected chi connectivity index (χ4v) is 5.27. The van der Waals surface area contributed by atoms with E-state index in [0.717, 1.165) is 48.8 Å². The van der Waals surface area contributed by atoms with Crippen molar-refractivity contribution in [1.82, 2.24) is 28.7 Å². The van der Waals surface area contributed by atoms with Gasteiger partial charge in [-0.15, -0.1) is 5.92 Å². The number of hydrogen-bond acceptors (Lipinski definition) is 7. The highest BCUT2D eigenvalue weighted by Crippen LogP contribution is 2.41. The lowest BCUT2D eigenvalue weighted by molar-refractivity contribution is 0.496. The molecule has 1 aliphatic heterocycles. The number of fused-ring (bicyclic) bond motifs is 2. The van der Waals surface area contributed by atoms with Gasteiger partial charge < -0.3 is 10.6 Å². The first-order valence-electron chi connectivity index (χ1n) is 12.8. The molecule has 1 saturated heterocycles. The molecule has 0 amide bonds. The molecule has 10 heteroatoms. The van der Waals surface area contributed by atoms with Crippen molar-refractivity contribution in [1.29, 1.82) is 0 Å². The predicted octanol–water partition coefficient (Wildman–Crippen LogP) is 1.72. The van der Waals surface area contributed by atoms with Crippen LogP contribution in [0.4, 0.5) is 5.95 Å². The van der Waals surface area contributed by atoms with E-state index in [0.29, 0.717) is 41.9 Å². The van der Waals surface area contributed by atoms with E-state index >= 15 is 0 Å². The smallest absolute Gasteiger partial charge is 0.332 e. The first-order chi connectivity index (χ1) is 18.0. The molecule has 2 fully saturated rings. The number of aryl methyl sites for hydroxylation is 1. The Morgan fingerprint density at radius 3 is 2.65 bits per heavy atom. The van der Waals surface area contributed by atoms with Gasteiger partial charge >= 0.3 is 5.69 Å². The zero-order valence-electron chi connectivity index (χ0n) is 21.1. The largest absolute Gasteiger partial charge is 0.341 e. The molecule has 6 rings (SSSR count). The molecule has 4 heterocycles. The lowest BCUT2D eigenvalue weighted by atomic mass is 10.1. The Morgan fingerprint density at radius 1 is 1.08 bits per heavy atom. The predicted molar refractivity (Wildman–Crippen MR) is 143 cm³/mol. The Bertz CT molecular complexity index is 1700. The number of nitrogens with zero attached hydrogens (tertiary/aromatic N) is 7. The van der Waals surface area contributed by atoms with Crippen molar-refractivity contribution in [2.24, 2.45) is 12.8 Å². The van der Waals surface area contributed by atoms with E-state index in [2.05, 4.69) is 16.7 Å². The second-order valence-corrected chi connectivity index (χ2v) is 9.99. The number of nitrogens with two attached hydrogens (primary N) is 1. The number of anilines is 1. The van der Waals surface area contributed by atoms with Crippen molar-refractivity contribution < 1.29 is 0 Å². The molecule has 2 aliphatic rings. The van der Waals surface area contributed by atoms with Crippen molar-refractivity contribution in [2.75, 3.05) is 18.0 Å². The maximum absolute atomic E-state index is 13.9. The van der Waals surface area contributed by atoms with Gasteiger partial charge in [0.1, 0.15) is 5.82 Å². The summed E-state index contributed by atoms with van der Waals surface area (Å²) in [4.78, 5) is 43.7. The number of hydrogen-bond donors (Lipinski definition) is 1. The van der Waals surface area contributed by atoms with Crippen LogP contribution in [0.2, 0.25) is 0 Å². The van der Waals surface area contributed by atoms with E-state index in [1.54, 1.807) is 14.0 Å². The summed E-state index contributed by atoms with van der Waals surface area (Å²) in [5.41, 5.74) is 7.89. The van der Waals surface area contributed by atoms with Gasteiger partial charge in [-0.3, -0.25) is 18.5 Å². The van der Waals surface area contributed by atoms with E-state index in [9.17, 15) is 9.59 Å². The molecule has 1 saturated carbocycles. The van der Waals surface area contributed by atoms with Gasteiger partial charge in [0.05, 0.1) is 24.3 Å². The van der Waals surface area contributed by atoms with Crippen LogP contribution in [-0.2, 0) is 20.1 Å². The summed E-state index contributed by atoms with van der Waals surface area (Å²) in [6.07, 6.45) is 4.07. The van der Waals surface area contributed by atoms with E-state index < -0.39 is 11.2 Å². The molecule has 0 unspecified atom stereocenters. The maximum Gasteiger partial charge on any atom is 0.332 e. The summed E-state index contributed by atoms with van der Waals surface area (Å²) in [5, 5.41) is 1.03. The summed E-state index contributed by atoms with van der Waals surface area (Å²) in [5.74, 6) is 7.46. The number of para-hydroxylation sites is 1. The molecular formula is C27H30N8O2. The molecule has 190 valence electrons. The van der Waals surface area contributed by atoms with Crippen LogP contribution >= 0.6 is 0 Å². The Balaban J connectivity index is 1.51. The number of piperidine rings is 1. The van der Waals surface area contributed by atoms with Crippen LogP contribution in [0.25, 0.3) is 22.1 Å². The average molecular weight is 499 g/mol. The summed E-state index contributed by atoms with van der Waals surface area (Å²) in [6.45, 7) is 3.46. The van der Waals surface area contributed by atoms with E-state index in [4.69, 9.17) is 20.7 Å². The van der Waals surface area contributed by atoms with Crippen LogP contribution in [0.15, 0.2) is 33.9 Å². The van der Waals surface area contributed by atoms with Crippen LogP contribution < -0.4 is 21.9 Å². The van der Waals surface area contributed by atoms with Gasteiger partial charge in [-0.05, 0) is 38.7 Å². The Morgan fingerprint density at radius 2 is 1.89 bits per heavy atom. The second-order valence-electron chi connectivity index (χ2n) is 9.99. The monoisotopic (exact) mass is 498 g/mol. The highest BCUT2D eigenvalue weighted by Gasteiger charge is 2.29. The van der Waals surface area contributed by atoms with Gasteiger partial charge in [0.25, 0.3) is 5.56 Å².